The molecule has 0 aromatic heterocycles. The Morgan fingerprint density at radius 1 is 1.91 bits per heavy atom. The van der Waals surface area contributed by atoms with E-state index in [1.54, 1.807) is 0 Å². The average molecular weight is 180 g/mol. The van der Waals surface area contributed by atoms with Crippen molar-refractivity contribution in [2.45, 2.75) is 6.10 Å². The highest BCUT2D eigenvalue weighted by atomic mass is 35.5. The van der Waals surface area contributed by atoms with Crippen molar-refractivity contribution in [3.8, 4) is 0 Å². The Morgan fingerprint density at radius 2 is 2.64 bits per heavy atom. The number of alkyl halides is 1. The van der Waals surface area contributed by atoms with Crippen LogP contribution in [-0.4, -0.2) is 43.4 Å². The first-order valence-electron chi connectivity index (χ1n) is 3.28. The third-order valence-electron chi connectivity index (χ3n) is 1.41. The summed E-state index contributed by atoms with van der Waals surface area (Å²) < 4.78 is 9.62. The van der Waals surface area contributed by atoms with Gasteiger partial charge in [-0.15, -0.1) is 11.6 Å². The second kappa shape index (κ2) is 3.78. The number of hydrogen-bond donors (Lipinski definition) is 0. The molecule has 4 nitrogen and oxygen atoms in total. The van der Waals surface area contributed by atoms with Gasteiger partial charge in [-0.25, -0.2) is 4.79 Å². The summed E-state index contributed by atoms with van der Waals surface area (Å²) in [6.07, 6.45) is -0.531. The molecule has 64 valence electrons. The molecule has 0 spiro atoms. The lowest BCUT2D eigenvalue weighted by Gasteiger charge is -2.09. The quantitative estimate of drug-likeness (QED) is 0.598. The van der Waals surface area contributed by atoms with Crippen molar-refractivity contribution >= 4 is 17.7 Å². The molecule has 1 aliphatic rings. The molecular weight excluding hydrogens is 170 g/mol. The van der Waals surface area contributed by atoms with E-state index in [1.165, 1.54) is 12.0 Å². The monoisotopic (exact) mass is 179 g/mol. The van der Waals surface area contributed by atoms with Gasteiger partial charge in [0.05, 0.1) is 12.4 Å². The minimum absolute atomic E-state index is 0.181. The van der Waals surface area contributed by atoms with Gasteiger partial charge in [-0.05, 0) is 0 Å². The van der Waals surface area contributed by atoms with E-state index < -0.39 is 0 Å². The van der Waals surface area contributed by atoms with Crippen LogP contribution in [0.2, 0.25) is 0 Å². The van der Waals surface area contributed by atoms with Crippen LogP contribution in [0.5, 0.6) is 0 Å². The summed E-state index contributed by atoms with van der Waals surface area (Å²) in [5.74, 6) is 0.339. The molecule has 1 rings (SSSR count). The van der Waals surface area contributed by atoms with Gasteiger partial charge >= 0.3 is 6.09 Å². The number of halogens is 1. The second-order valence-electron chi connectivity index (χ2n) is 2.30. The fraction of sp³-hybridized carbons (Fsp3) is 0.833. The third-order valence-corrected chi connectivity index (χ3v) is 1.75. The van der Waals surface area contributed by atoms with Crippen molar-refractivity contribution in [1.29, 1.82) is 0 Å². The Morgan fingerprint density at radius 3 is 3.09 bits per heavy atom. The molecule has 1 amide bonds. The topological polar surface area (TPSA) is 38.8 Å². The molecule has 5 heteroatoms. The van der Waals surface area contributed by atoms with Crippen molar-refractivity contribution in [1.82, 2.24) is 4.90 Å². The number of amides is 1. The maximum absolute atomic E-state index is 10.9. The lowest BCUT2D eigenvalue weighted by atomic mass is 10.4. The van der Waals surface area contributed by atoms with Gasteiger partial charge in [-0.1, -0.05) is 0 Å². The first kappa shape index (κ1) is 8.62. The molecule has 0 saturated carbocycles. The predicted octanol–water partition coefficient (Wildman–Crippen LogP) is 0.650. The van der Waals surface area contributed by atoms with E-state index in [2.05, 4.69) is 0 Å². The molecule has 0 N–H and O–H groups in total. The van der Waals surface area contributed by atoms with E-state index in [-0.39, 0.29) is 18.9 Å². The molecular formula is C6H10ClNO3. The van der Waals surface area contributed by atoms with Gasteiger partial charge in [0.2, 0.25) is 0 Å². The summed E-state index contributed by atoms with van der Waals surface area (Å²) in [6, 6.07) is 0. The number of carbonyl (C=O) groups excluding carboxylic acids is 1. The summed E-state index contributed by atoms with van der Waals surface area (Å²) in [5.41, 5.74) is 0. The van der Waals surface area contributed by atoms with Crippen molar-refractivity contribution in [3.05, 3.63) is 0 Å². The zero-order valence-corrected chi connectivity index (χ0v) is 7.00. The van der Waals surface area contributed by atoms with Crippen LogP contribution in [0.4, 0.5) is 4.79 Å². The summed E-state index contributed by atoms with van der Waals surface area (Å²) in [5, 5.41) is 0. The van der Waals surface area contributed by atoms with Crippen LogP contribution in [0.1, 0.15) is 0 Å². The molecule has 0 aromatic rings. The molecule has 0 aliphatic carbocycles. The van der Waals surface area contributed by atoms with Crippen LogP contribution in [0.15, 0.2) is 0 Å². The maximum atomic E-state index is 10.9. The fourth-order valence-electron chi connectivity index (χ4n) is 0.916. The van der Waals surface area contributed by atoms with Gasteiger partial charge in [0.1, 0.15) is 12.8 Å². The van der Waals surface area contributed by atoms with Crippen molar-refractivity contribution in [3.63, 3.8) is 0 Å². The van der Waals surface area contributed by atoms with Crippen molar-refractivity contribution in [2.24, 2.45) is 0 Å². The average Bonchev–Trinajstić information content (AvgIpc) is 2.33. The minimum Gasteiger partial charge on any atom is -0.443 e. The van der Waals surface area contributed by atoms with E-state index in [1.807, 2.05) is 0 Å². The number of ether oxygens (including phenoxy) is 2. The Balaban J connectivity index is 2.38. The number of cyclic esters (lactones) is 1. The molecule has 1 aliphatic heterocycles. The SMILES string of the molecule is COCN1C[C@@H](CCl)OC1=O. The van der Waals surface area contributed by atoms with Crippen LogP contribution in [0, 0.1) is 0 Å². The number of carbonyl (C=O) groups is 1. The molecule has 11 heavy (non-hydrogen) atoms. The van der Waals surface area contributed by atoms with Gasteiger partial charge in [0, 0.05) is 7.11 Å². The Labute approximate surface area is 70.0 Å². The molecule has 1 saturated heterocycles. The highest BCUT2D eigenvalue weighted by Crippen LogP contribution is 2.11. The van der Waals surface area contributed by atoms with E-state index in [9.17, 15) is 4.79 Å². The summed E-state index contributed by atoms with van der Waals surface area (Å²) in [6.45, 7) is 0.794. The van der Waals surface area contributed by atoms with Crippen molar-refractivity contribution in [2.75, 3.05) is 26.3 Å². The Kier molecular flexibility index (Phi) is 2.96. The molecule has 0 bridgehead atoms. The van der Waals surface area contributed by atoms with Crippen LogP contribution in [0.3, 0.4) is 0 Å². The number of nitrogens with zero attached hydrogens (tertiary/aromatic N) is 1. The highest BCUT2D eigenvalue weighted by molar-refractivity contribution is 6.18. The van der Waals surface area contributed by atoms with Crippen LogP contribution in [-0.2, 0) is 9.47 Å². The predicted molar refractivity (Wildman–Crippen MR) is 39.6 cm³/mol. The zero-order chi connectivity index (χ0) is 8.27. The van der Waals surface area contributed by atoms with Crippen LogP contribution in [0.25, 0.3) is 0 Å². The normalized spacial score (nSPS) is 24.0. The van der Waals surface area contributed by atoms with Crippen LogP contribution >= 0.6 is 11.6 Å². The third kappa shape index (κ3) is 1.97. The van der Waals surface area contributed by atoms with E-state index in [0.29, 0.717) is 12.4 Å². The van der Waals surface area contributed by atoms with E-state index >= 15 is 0 Å². The minimum atomic E-state index is -0.350. The maximum Gasteiger partial charge on any atom is 0.412 e. The molecule has 0 radical (unpaired) electrons. The molecule has 1 fully saturated rings. The summed E-state index contributed by atoms with van der Waals surface area (Å²) in [4.78, 5) is 12.4. The van der Waals surface area contributed by atoms with E-state index in [4.69, 9.17) is 21.1 Å². The lowest BCUT2D eigenvalue weighted by Crippen LogP contribution is -2.27. The summed E-state index contributed by atoms with van der Waals surface area (Å²) in [7, 11) is 1.53. The van der Waals surface area contributed by atoms with E-state index in [0.717, 1.165) is 0 Å². The molecule has 1 heterocycles. The Hall–Kier alpha value is -0.480. The Bertz CT molecular complexity index is 153. The number of methoxy groups -OCH3 is 1. The largest absolute Gasteiger partial charge is 0.443 e. The van der Waals surface area contributed by atoms with Gasteiger partial charge in [0.15, 0.2) is 0 Å². The fourth-order valence-corrected chi connectivity index (χ4v) is 1.08. The van der Waals surface area contributed by atoms with Crippen LogP contribution < -0.4 is 0 Å². The smallest absolute Gasteiger partial charge is 0.412 e. The lowest BCUT2D eigenvalue weighted by molar-refractivity contribution is 0.0852. The van der Waals surface area contributed by atoms with Gasteiger partial charge in [-0.3, -0.25) is 4.90 Å². The van der Waals surface area contributed by atoms with Crippen molar-refractivity contribution < 1.29 is 14.3 Å². The zero-order valence-electron chi connectivity index (χ0n) is 6.25. The van der Waals surface area contributed by atoms with Gasteiger partial charge in [-0.2, -0.15) is 0 Å². The summed E-state index contributed by atoms with van der Waals surface area (Å²) >= 11 is 5.49. The second-order valence-corrected chi connectivity index (χ2v) is 2.61. The van der Waals surface area contributed by atoms with Gasteiger partial charge < -0.3 is 9.47 Å². The first-order valence-corrected chi connectivity index (χ1v) is 3.82. The highest BCUT2D eigenvalue weighted by Gasteiger charge is 2.29. The first-order chi connectivity index (χ1) is 5.27. The van der Waals surface area contributed by atoms with Gasteiger partial charge in [0.25, 0.3) is 0 Å². The molecule has 1 atom stereocenters. The standard InChI is InChI=1S/C6H10ClNO3/c1-10-4-8-3-5(2-7)11-6(8)9/h5H,2-4H2,1H3/t5-/m1/s1. The number of rotatable bonds is 3. The molecule has 0 unspecified atom stereocenters. The molecule has 0 aromatic carbocycles. The number of hydrogen-bond acceptors (Lipinski definition) is 3.